The summed E-state index contributed by atoms with van der Waals surface area (Å²) in [7, 11) is -4.01. The second-order valence-corrected chi connectivity index (χ2v) is 10.1. The SMILES string of the molecule is Cc1ccc(S(=O)(=O)c2cnc(SCC(=O)Nc3cccc(C)c3C)[nH]c2=O)c(C)c1. The van der Waals surface area contributed by atoms with Gasteiger partial charge in [0.15, 0.2) is 10.1 Å². The van der Waals surface area contributed by atoms with Gasteiger partial charge in [-0.1, -0.05) is 41.6 Å². The topological polar surface area (TPSA) is 109 Å². The third-order valence-electron chi connectivity index (χ3n) is 4.87. The average molecular weight is 458 g/mol. The fraction of sp³-hybridized carbons (Fsp3) is 0.227. The number of nitrogens with zero attached hydrogens (tertiary/aromatic N) is 1. The Morgan fingerprint density at radius 3 is 2.48 bits per heavy atom. The molecule has 0 unspecified atom stereocenters. The summed E-state index contributed by atoms with van der Waals surface area (Å²) in [5.41, 5.74) is 3.48. The Balaban J connectivity index is 1.74. The highest BCUT2D eigenvalue weighted by atomic mass is 32.2. The molecule has 0 atom stereocenters. The number of sulfone groups is 1. The standard InChI is InChI=1S/C22H23N3O4S2/c1-13-8-9-18(15(3)10-13)31(28,29)19-11-23-22(25-21(19)27)30-12-20(26)24-17-7-5-6-14(2)16(17)4/h5-11H,12H2,1-4H3,(H,24,26)(H,23,25,27). The van der Waals surface area contributed by atoms with Crippen LogP contribution in [0.3, 0.4) is 0 Å². The van der Waals surface area contributed by atoms with Crippen LogP contribution in [0.15, 0.2) is 62.3 Å². The first-order chi connectivity index (χ1) is 14.6. The Morgan fingerprint density at radius 1 is 1.06 bits per heavy atom. The summed E-state index contributed by atoms with van der Waals surface area (Å²) in [6, 6.07) is 10.5. The second-order valence-electron chi connectivity index (χ2n) is 7.24. The van der Waals surface area contributed by atoms with Gasteiger partial charge in [0.05, 0.1) is 16.8 Å². The zero-order valence-corrected chi connectivity index (χ0v) is 19.3. The molecule has 0 spiro atoms. The van der Waals surface area contributed by atoms with Gasteiger partial charge in [-0.25, -0.2) is 13.4 Å². The number of carbonyl (C=O) groups excluding carboxylic acids is 1. The number of benzene rings is 2. The fourth-order valence-corrected chi connectivity index (χ4v) is 5.14. The predicted octanol–water partition coefficient (Wildman–Crippen LogP) is 3.57. The molecular weight excluding hydrogens is 434 g/mol. The van der Waals surface area contributed by atoms with Gasteiger partial charge in [-0.2, -0.15) is 0 Å². The highest BCUT2D eigenvalue weighted by Crippen LogP contribution is 2.23. The van der Waals surface area contributed by atoms with E-state index in [0.29, 0.717) is 5.56 Å². The molecule has 1 aromatic heterocycles. The zero-order valence-electron chi connectivity index (χ0n) is 17.6. The van der Waals surface area contributed by atoms with Crippen LogP contribution in [0, 0.1) is 27.7 Å². The zero-order chi connectivity index (χ0) is 22.8. The minimum Gasteiger partial charge on any atom is -0.325 e. The first-order valence-electron chi connectivity index (χ1n) is 9.50. The van der Waals surface area contributed by atoms with Gasteiger partial charge in [0, 0.05) is 5.69 Å². The Bertz CT molecular complexity index is 1310. The summed E-state index contributed by atoms with van der Waals surface area (Å²) >= 11 is 1.02. The number of nitrogens with one attached hydrogen (secondary N) is 2. The third kappa shape index (κ3) is 5.05. The normalized spacial score (nSPS) is 11.4. The number of aromatic nitrogens is 2. The number of carbonyl (C=O) groups is 1. The second kappa shape index (κ2) is 9.07. The van der Waals surface area contributed by atoms with Crippen molar-refractivity contribution in [1.29, 1.82) is 0 Å². The van der Waals surface area contributed by atoms with E-state index in [9.17, 15) is 18.0 Å². The quantitative estimate of drug-likeness (QED) is 0.433. The van der Waals surface area contributed by atoms with E-state index in [1.54, 1.807) is 19.1 Å². The first-order valence-corrected chi connectivity index (χ1v) is 12.0. The Labute approximate surface area is 185 Å². The average Bonchev–Trinajstić information content (AvgIpc) is 2.69. The minimum atomic E-state index is -4.01. The summed E-state index contributed by atoms with van der Waals surface area (Å²) < 4.78 is 25.8. The summed E-state index contributed by atoms with van der Waals surface area (Å²) in [5.74, 6) is -0.243. The lowest BCUT2D eigenvalue weighted by Gasteiger charge is -2.10. The van der Waals surface area contributed by atoms with E-state index >= 15 is 0 Å². The van der Waals surface area contributed by atoms with Gasteiger partial charge in [0.25, 0.3) is 5.56 Å². The molecule has 162 valence electrons. The van der Waals surface area contributed by atoms with Crippen molar-refractivity contribution in [2.24, 2.45) is 0 Å². The molecule has 9 heteroatoms. The van der Waals surface area contributed by atoms with Crippen LogP contribution in [0.25, 0.3) is 0 Å². The maximum Gasteiger partial charge on any atom is 0.270 e. The van der Waals surface area contributed by atoms with E-state index in [1.165, 1.54) is 6.07 Å². The number of amides is 1. The van der Waals surface area contributed by atoms with E-state index in [1.807, 2.05) is 39.0 Å². The Kier molecular flexibility index (Phi) is 6.66. The monoisotopic (exact) mass is 457 g/mol. The lowest BCUT2D eigenvalue weighted by Crippen LogP contribution is -2.20. The molecule has 0 aliphatic carbocycles. The van der Waals surface area contributed by atoms with Gasteiger partial charge in [-0.3, -0.25) is 9.59 Å². The van der Waals surface area contributed by atoms with Crippen LogP contribution < -0.4 is 10.9 Å². The van der Waals surface area contributed by atoms with Crippen molar-refractivity contribution in [1.82, 2.24) is 9.97 Å². The molecule has 3 rings (SSSR count). The van der Waals surface area contributed by atoms with Gasteiger partial charge in [0.2, 0.25) is 15.7 Å². The molecule has 0 aliphatic rings. The molecule has 0 bridgehead atoms. The lowest BCUT2D eigenvalue weighted by atomic mass is 10.1. The molecule has 31 heavy (non-hydrogen) atoms. The molecule has 1 amide bonds. The van der Waals surface area contributed by atoms with Crippen molar-refractivity contribution < 1.29 is 13.2 Å². The van der Waals surface area contributed by atoms with E-state index in [4.69, 9.17) is 0 Å². The largest absolute Gasteiger partial charge is 0.325 e. The minimum absolute atomic E-state index is 0.0134. The fourth-order valence-electron chi connectivity index (χ4n) is 3.06. The van der Waals surface area contributed by atoms with Gasteiger partial charge in [-0.15, -0.1) is 0 Å². The van der Waals surface area contributed by atoms with Crippen LogP contribution in [0.2, 0.25) is 0 Å². The van der Waals surface area contributed by atoms with Crippen LogP contribution in [0.5, 0.6) is 0 Å². The highest BCUT2D eigenvalue weighted by molar-refractivity contribution is 7.99. The molecule has 1 heterocycles. The maximum absolute atomic E-state index is 12.9. The number of aryl methyl sites for hydroxylation is 3. The van der Waals surface area contributed by atoms with Crippen molar-refractivity contribution in [2.45, 2.75) is 42.6 Å². The summed E-state index contributed by atoms with van der Waals surface area (Å²) in [6.45, 7) is 7.43. The van der Waals surface area contributed by atoms with E-state index in [-0.39, 0.29) is 21.7 Å². The van der Waals surface area contributed by atoms with Crippen LogP contribution in [0.4, 0.5) is 5.69 Å². The highest BCUT2D eigenvalue weighted by Gasteiger charge is 2.24. The number of rotatable bonds is 6. The van der Waals surface area contributed by atoms with Crippen LogP contribution in [-0.2, 0) is 14.6 Å². The van der Waals surface area contributed by atoms with Crippen molar-refractivity contribution in [3.05, 3.63) is 75.2 Å². The number of thioether (sulfide) groups is 1. The van der Waals surface area contributed by atoms with Crippen molar-refractivity contribution in [2.75, 3.05) is 11.1 Å². The molecule has 0 radical (unpaired) electrons. The maximum atomic E-state index is 12.9. The molecular formula is C22H23N3O4S2. The number of aromatic amines is 1. The Hall–Kier alpha value is -2.91. The molecule has 2 aromatic carbocycles. The van der Waals surface area contributed by atoms with E-state index < -0.39 is 20.3 Å². The van der Waals surface area contributed by atoms with Gasteiger partial charge >= 0.3 is 0 Å². The molecule has 7 nitrogen and oxygen atoms in total. The lowest BCUT2D eigenvalue weighted by molar-refractivity contribution is -0.113. The van der Waals surface area contributed by atoms with Crippen LogP contribution in [-0.4, -0.2) is 30.0 Å². The summed E-state index contributed by atoms with van der Waals surface area (Å²) in [6.07, 6.45) is 1.04. The van der Waals surface area contributed by atoms with Gasteiger partial charge in [0.1, 0.15) is 0 Å². The summed E-state index contributed by atoms with van der Waals surface area (Å²) in [4.78, 5) is 30.9. The summed E-state index contributed by atoms with van der Waals surface area (Å²) in [5, 5.41) is 3.00. The van der Waals surface area contributed by atoms with Gasteiger partial charge in [-0.05, 0) is 56.5 Å². The van der Waals surface area contributed by atoms with E-state index in [0.717, 1.165) is 40.3 Å². The van der Waals surface area contributed by atoms with E-state index in [2.05, 4.69) is 15.3 Å². The van der Waals surface area contributed by atoms with Crippen LogP contribution >= 0.6 is 11.8 Å². The van der Waals surface area contributed by atoms with Crippen LogP contribution in [0.1, 0.15) is 22.3 Å². The number of H-pyrrole nitrogens is 1. The number of hydrogen-bond donors (Lipinski definition) is 2. The molecule has 0 saturated carbocycles. The molecule has 0 saturated heterocycles. The van der Waals surface area contributed by atoms with Crippen molar-refractivity contribution >= 4 is 33.2 Å². The van der Waals surface area contributed by atoms with Crippen molar-refractivity contribution in [3.8, 4) is 0 Å². The number of anilines is 1. The Morgan fingerprint density at radius 2 is 1.81 bits per heavy atom. The molecule has 0 fully saturated rings. The smallest absolute Gasteiger partial charge is 0.270 e. The first kappa shape index (κ1) is 22.8. The van der Waals surface area contributed by atoms with Crippen molar-refractivity contribution in [3.63, 3.8) is 0 Å². The number of hydrogen-bond acceptors (Lipinski definition) is 6. The predicted molar refractivity (Wildman–Crippen MR) is 121 cm³/mol. The molecule has 2 N–H and O–H groups in total. The third-order valence-corrected chi connectivity index (χ3v) is 7.67. The molecule has 3 aromatic rings. The van der Waals surface area contributed by atoms with Gasteiger partial charge < -0.3 is 10.3 Å². The molecule has 0 aliphatic heterocycles.